The molecule has 11 heteroatoms. The van der Waals surface area contributed by atoms with E-state index < -0.39 is 33.9 Å². The zero-order chi connectivity index (χ0) is 24.3. The number of hydrogen-bond donors (Lipinski definition) is 1. The molecule has 2 aliphatic heterocycles. The Morgan fingerprint density at radius 2 is 1.76 bits per heavy atom. The first-order valence-electron chi connectivity index (χ1n) is 11.7. The monoisotopic (exact) mass is 493 g/mol. The molecule has 0 spiro atoms. The standard InChI is InChI=1S/C23H31N3O7S/c1-16(33-23(29)17-14-21(27)26(15-17)19-4-2-3-5-19)22(28)24-18-6-8-20(9-7-18)34(30,31)25-10-12-32-13-11-25/h6-9,16-17,19H,2-5,10-15H2,1H3,(H,24,28)/t16-,17-/m1/s1. The van der Waals surface area contributed by atoms with Crippen LogP contribution in [0.1, 0.15) is 39.0 Å². The lowest BCUT2D eigenvalue weighted by atomic mass is 10.1. The molecule has 1 aliphatic carbocycles. The van der Waals surface area contributed by atoms with Gasteiger partial charge in [-0.05, 0) is 44.0 Å². The second-order valence-electron chi connectivity index (χ2n) is 8.99. The molecule has 0 radical (unpaired) electrons. The van der Waals surface area contributed by atoms with Gasteiger partial charge in [0.2, 0.25) is 15.9 Å². The number of benzene rings is 1. The highest BCUT2D eigenvalue weighted by Crippen LogP contribution is 2.30. The van der Waals surface area contributed by atoms with Crippen LogP contribution in [0.3, 0.4) is 0 Å². The fourth-order valence-electron chi connectivity index (χ4n) is 4.67. The summed E-state index contributed by atoms with van der Waals surface area (Å²) in [6.45, 7) is 3.13. The smallest absolute Gasteiger partial charge is 0.312 e. The Hall–Kier alpha value is -2.50. The molecule has 4 rings (SSSR count). The van der Waals surface area contributed by atoms with E-state index in [9.17, 15) is 22.8 Å². The maximum Gasteiger partial charge on any atom is 0.312 e. The molecule has 0 unspecified atom stereocenters. The Balaban J connectivity index is 1.29. The van der Waals surface area contributed by atoms with E-state index in [1.807, 2.05) is 0 Å². The number of anilines is 1. The zero-order valence-corrected chi connectivity index (χ0v) is 20.1. The minimum Gasteiger partial charge on any atom is -0.452 e. The highest BCUT2D eigenvalue weighted by atomic mass is 32.2. The SMILES string of the molecule is C[C@@H](OC(=O)[C@@H]1CC(=O)N(C2CCCC2)C1)C(=O)Nc1ccc(S(=O)(=O)N2CCOCC2)cc1. The number of ether oxygens (including phenoxy) is 2. The average molecular weight is 494 g/mol. The summed E-state index contributed by atoms with van der Waals surface area (Å²) in [6.07, 6.45) is 3.20. The Kier molecular flexibility index (Phi) is 7.54. The number of esters is 1. The van der Waals surface area contributed by atoms with Crippen molar-refractivity contribution in [2.75, 3.05) is 38.2 Å². The third-order valence-corrected chi connectivity index (χ3v) is 8.56. The average Bonchev–Trinajstić information content (AvgIpc) is 3.49. The molecule has 186 valence electrons. The number of nitrogens with one attached hydrogen (secondary N) is 1. The second kappa shape index (κ2) is 10.4. The molecule has 2 amide bonds. The van der Waals surface area contributed by atoms with Gasteiger partial charge in [0, 0.05) is 37.8 Å². The fraction of sp³-hybridized carbons (Fsp3) is 0.609. The van der Waals surface area contributed by atoms with E-state index in [4.69, 9.17) is 9.47 Å². The zero-order valence-electron chi connectivity index (χ0n) is 19.3. The van der Waals surface area contributed by atoms with Crippen molar-refractivity contribution in [3.05, 3.63) is 24.3 Å². The summed E-state index contributed by atoms with van der Waals surface area (Å²) in [5.74, 6) is -1.68. The molecule has 2 saturated heterocycles. The van der Waals surface area contributed by atoms with Crippen LogP contribution < -0.4 is 5.32 Å². The largest absolute Gasteiger partial charge is 0.452 e. The van der Waals surface area contributed by atoms with E-state index in [2.05, 4.69) is 5.32 Å². The summed E-state index contributed by atoms with van der Waals surface area (Å²) in [7, 11) is -3.62. The minimum absolute atomic E-state index is 0.0296. The van der Waals surface area contributed by atoms with Gasteiger partial charge in [-0.3, -0.25) is 14.4 Å². The van der Waals surface area contributed by atoms with Crippen molar-refractivity contribution < 1.29 is 32.3 Å². The Morgan fingerprint density at radius 1 is 1.12 bits per heavy atom. The summed E-state index contributed by atoms with van der Waals surface area (Å²) in [5, 5.41) is 2.64. The van der Waals surface area contributed by atoms with Crippen LogP contribution in [0.5, 0.6) is 0 Å². The summed E-state index contributed by atoms with van der Waals surface area (Å²) in [6, 6.07) is 6.06. The molecule has 2 heterocycles. The van der Waals surface area contributed by atoms with E-state index in [0.29, 0.717) is 38.5 Å². The Morgan fingerprint density at radius 3 is 2.41 bits per heavy atom. The molecular formula is C23H31N3O7S. The van der Waals surface area contributed by atoms with Crippen molar-refractivity contribution in [2.24, 2.45) is 5.92 Å². The number of rotatable bonds is 7. The van der Waals surface area contributed by atoms with Crippen LogP contribution in [0, 0.1) is 5.92 Å². The van der Waals surface area contributed by atoms with Gasteiger partial charge in [0.1, 0.15) is 0 Å². The van der Waals surface area contributed by atoms with Crippen molar-refractivity contribution >= 4 is 33.5 Å². The van der Waals surface area contributed by atoms with Crippen molar-refractivity contribution in [1.82, 2.24) is 9.21 Å². The van der Waals surface area contributed by atoms with E-state index in [1.165, 1.54) is 35.5 Å². The number of carbonyl (C=O) groups excluding carboxylic acids is 3. The second-order valence-corrected chi connectivity index (χ2v) is 10.9. The molecular weight excluding hydrogens is 462 g/mol. The van der Waals surface area contributed by atoms with Gasteiger partial charge in [-0.1, -0.05) is 12.8 Å². The number of morpholine rings is 1. The molecule has 34 heavy (non-hydrogen) atoms. The van der Waals surface area contributed by atoms with E-state index in [-0.39, 0.29) is 23.3 Å². The maximum atomic E-state index is 12.7. The number of nitrogens with zero attached hydrogens (tertiary/aromatic N) is 2. The summed E-state index contributed by atoms with van der Waals surface area (Å²) < 4.78 is 37.3. The van der Waals surface area contributed by atoms with Crippen LogP contribution in [0.4, 0.5) is 5.69 Å². The predicted molar refractivity (Wildman–Crippen MR) is 122 cm³/mol. The fourth-order valence-corrected chi connectivity index (χ4v) is 6.08. The molecule has 3 fully saturated rings. The molecule has 2 atom stereocenters. The van der Waals surface area contributed by atoms with E-state index in [0.717, 1.165) is 25.7 Å². The summed E-state index contributed by atoms with van der Waals surface area (Å²) in [4.78, 5) is 39.3. The number of sulfonamides is 1. The highest BCUT2D eigenvalue weighted by Gasteiger charge is 2.40. The summed E-state index contributed by atoms with van der Waals surface area (Å²) in [5.41, 5.74) is 0.386. The lowest BCUT2D eigenvalue weighted by Crippen LogP contribution is -2.40. The van der Waals surface area contributed by atoms with Crippen LogP contribution in [0.25, 0.3) is 0 Å². The third-order valence-electron chi connectivity index (χ3n) is 6.65. The van der Waals surface area contributed by atoms with Gasteiger partial charge in [0.05, 0.1) is 24.0 Å². The summed E-state index contributed by atoms with van der Waals surface area (Å²) >= 11 is 0. The minimum atomic E-state index is -3.62. The van der Waals surface area contributed by atoms with Gasteiger partial charge in [0.15, 0.2) is 6.10 Å². The van der Waals surface area contributed by atoms with Gasteiger partial charge in [-0.25, -0.2) is 8.42 Å². The topological polar surface area (TPSA) is 122 Å². The van der Waals surface area contributed by atoms with Gasteiger partial charge >= 0.3 is 5.97 Å². The first-order valence-corrected chi connectivity index (χ1v) is 13.2. The van der Waals surface area contributed by atoms with Crippen LogP contribution >= 0.6 is 0 Å². The molecule has 0 aromatic heterocycles. The van der Waals surface area contributed by atoms with Crippen molar-refractivity contribution in [2.45, 2.75) is 56.1 Å². The van der Waals surface area contributed by atoms with Gasteiger partial charge in [0.25, 0.3) is 5.91 Å². The molecule has 1 N–H and O–H groups in total. The predicted octanol–water partition coefficient (Wildman–Crippen LogP) is 1.37. The van der Waals surface area contributed by atoms with Gasteiger partial charge in [-0.2, -0.15) is 4.31 Å². The first-order chi connectivity index (χ1) is 16.3. The molecule has 1 aromatic carbocycles. The quantitative estimate of drug-likeness (QED) is 0.569. The Labute approximate surface area is 199 Å². The normalized spacial score (nSPS) is 23.1. The lowest BCUT2D eigenvalue weighted by molar-refractivity contribution is -0.157. The molecule has 1 saturated carbocycles. The third kappa shape index (κ3) is 5.42. The number of amides is 2. The highest BCUT2D eigenvalue weighted by molar-refractivity contribution is 7.89. The van der Waals surface area contributed by atoms with Crippen molar-refractivity contribution in [3.8, 4) is 0 Å². The molecule has 10 nitrogen and oxygen atoms in total. The van der Waals surface area contributed by atoms with Crippen LogP contribution in [-0.4, -0.2) is 80.4 Å². The van der Waals surface area contributed by atoms with Gasteiger partial charge in [-0.15, -0.1) is 0 Å². The molecule has 0 bridgehead atoms. The van der Waals surface area contributed by atoms with E-state index >= 15 is 0 Å². The number of likely N-dealkylation sites (tertiary alicyclic amines) is 1. The lowest BCUT2D eigenvalue weighted by Gasteiger charge is -2.26. The van der Waals surface area contributed by atoms with E-state index in [1.54, 1.807) is 4.90 Å². The number of carbonyl (C=O) groups is 3. The van der Waals surface area contributed by atoms with Crippen LogP contribution in [0.2, 0.25) is 0 Å². The Bertz CT molecular complexity index is 1020. The maximum absolute atomic E-state index is 12.7. The van der Waals surface area contributed by atoms with Crippen molar-refractivity contribution in [3.63, 3.8) is 0 Å². The van der Waals surface area contributed by atoms with Crippen LogP contribution in [-0.2, 0) is 33.9 Å². The molecule has 3 aliphatic rings. The van der Waals surface area contributed by atoms with Crippen molar-refractivity contribution in [1.29, 1.82) is 0 Å². The molecule has 1 aromatic rings. The first kappa shape index (κ1) is 24.6. The van der Waals surface area contributed by atoms with Crippen LogP contribution in [0.15, 0.2) is 29.2 Å². The van der Waals surface area contributed by atoms with Gasteiger partial charge < -0.3 is 19.7 Å². The number of hydrogen-bond acceptors (Lipinski definition) is 7.